The molecule has 0 radical (unpaired) electrons. The first kappa shape index (κ1) is 13.3. The van der Waals surface area contributed by atoms with Gasteiger partial charge in [-0.1, -0.05) is 18.2 Å². The zero-order chi connectivity index (χ0) is 14.8. The van der Waals surface area contributed by atoms with E-state index in [1.165, 1.54) is 22.9 Å². The van der Waals surface area contributed by atoms with E-state index < -0.39 is 11.8 Å². The number of benzene rings is 2. The number of carbonyl (C=O) groups excluding carboxylic acids is 1. The Balaban J connectivity index is 1.84. The number of nitrogens with zero attached hydrogens (tertiary/aromatic N) is 1. The Bertz CT molecular complexity index is 871. The maximum absolute atomic E-state index is 13.1. The van der Waals surface area contributed by atoms with E-state index in [0.717, 1.165) is 11.0 Å². The van der Waals surface area contributed by atoms with Gasteiger partial charge in [0, 0.05) is 5.69 Å². The van der Waals surface area contributed by atoms with Crippen molar-refractivity contribution in [3.8, 4) is 0 Å². The van der Waals surface area contributed by atoms with Crippen LogP contribution in [0.15, 0.2) is 48.5 Å². The van der Waals surface area contributed by atoms with Crippen molar-refractivity contribution >= 4 is 35.0 Å². The summed E-state index contributed by atoms with van der Waals surface area (Å²) >= 11 is 5.16. The van der Waals surface area contributed by atoms with Crippen molar-refractivity contribution in [2.24, 2.45) is 0 Å². The van der Waals surface area contributed by atoms with Crippen molar-refractivity contribution in [2.75, 3.05) is 10.7 Å². The van der Waals surface area contributed by atoms with Crippen molar-refractivity contribution in [1.29, 1.82) is 0 Å². The van der Waals surface area contributed by atoms with Gasteiger partial charge in [0.25, 0.3) is 0 Å². The molecule has 0 bridgehead atoms. The number of nitrogens with one attached hydrogen (secondary N) is 3. The van der Waals surface area contributed by atoms with Gasteiger partial charge in [0.15, 0.2) is 4.77 Å². The Kier molecular flexibility index (Phi) is 3.41. The lowest BCUT2D eigenvalue weighted by atomic mass is 10.3. The Morgan fingerprint density at radius 1 is 1.19 bits per heavy atom. The van der Waals surface area contributed by atoms with Crippen LogP contribution in [0.25, 0.3) is 11.0 Å². The summed E-state index contributed by atoms with van der Waals surface area (Å²) in [6.45, 7) is 0. The topological polar surface area (TPSA) is 61.9 Å². The average molecular weight is 302 g/mol. The number of amides is 2. The van der Waals surface area contributed by atoms with Gasteiger partial charge in [0.05, 0.1) is 11.0 Å². The first-order chi connectivity index (χ1) is 10.1. The lowest BCUT2D eigenvalue weighted by Crippen LogP contribution is -2.27. The third kappa shape index (κ3) is 2.77. The largest absolute Gasteiger partial charge is 0.338 e. The second-order valence-corrected chi connectivity index (χ2v) is 4.75. The number of urea groups is 1. The van der Waals surface area contributed by atoms with Gasteiger partial charge >= 0.3 is 6.03 Å². The molecule has 106 valence electrons. The average Bonchev–Trinajstić information content (AvgIpc) is 2.75. The molecule has 3 aromatic rings. The maximum Gasteiger partial charge on any atom is 0.338 e. The van der Waals surface area contributed by atoms with E-state index in [-0.39, 0.29) is 0 Å². The van der Waals surface area contributed by atoms with Crippen molar-refractivity contribution in [2.45, 2.75) is 0 Å². The van der Waals surface area contributed by atoms with Crippen LogP contribution in [0, 0.1) is 10.6 Å². The number of hydrogen-bond acceptors (Lipinski definition) is 2. The lowest BCUT2D eigenvalue weighted by molar-refractivity contribution is 0.260. The van der Waals surface area contributed by atoms with E-state index in [0.29, 0.717) is 10.5 Å². The van der Waals surface area contributed by atoms with Crippen molar-refractivity contribution in [3.63, 3.8) is 0 Å². The highest BCUT2D eigenvalue weighted by Crippen LogP contribution is 2.12. The Morgan fingerprint density at radius 3 is 2.81 bits per heavy atom. The highest BCUT2D eigenvalue weighted by atomic mass is 32.1. The number of rotatable bonds is 2. The number of imidazole rings is 1. The van der Waals surface area contributed by atoms with Gasteiger partial charge in [-0.25, -0.2) is 19.3 Å². The zero-order valence-corrected chi connectivity index (χ0v) is 11.6. The van der Waals surface area contributed by atoms with Crippen LogP contribution in [0.5, 0.6) is 0 Å². The molecule has 2 amide bonds. The molecule has 3 N–H and O–H groups in total. The molecule has 2 aromatic carbocycles. The number of anilines is 1. The summed E-state index contributed by atoms with van der Waals surface area (Å²) in [6.07, 6.45) is 0. The van der Waals surface area contributed by atoms with E-state index in [1.54, 1.807) is 6.07 Å². The molecule has 0 aliphatic heterocycles. The highest BCUT2D eigenvalue weighted by Gasteiger charge is 2.07. The second kappa shape index (κ2) is 5.37. The summed E-state index contributed by atoms with van der Waals surface area (Å²) in [5, 5.41) is 2.54. The minimum atomic E-state index is -0.513. The van der Waals surface area contributed by atoms with Gasteiger partial charge in [-0.3, -0.25) is 0 Å². The molecule has 7 heteroatoms. The molecule has 1 heterocycles. The third-order valence-corrected chi connectivity index (χ3v) is 3.17. The van der Waals surface area contributed by atoms with Crippen molar-refractivity contribution < 1.29 is 9.18 Å². The smallest absolute Gasteiger partial charge is 0.329 e. The SMILES string of the molecule is O=C(Nc1cccc(F)c1)Nn1c(=S)[nH]c2ccccc21. The molecule has 0 aliphatic rings. The number of para-hydroxylation sites is 2. The lowest BCUT2D eigenvalue weighted by Gasteiger charge is -2.09. The van der Waals surface area contributed by atoms with Crippen molar-refractivity contribution in [3.05, 3.63) is 59.1 Å². The summed E-state index contributed by atoms with van der Waals surface area (Å²) < 4.78 is 14.9. The molecular formula is C14H11FN4OS. The molecule has 0 aliphatic carbocycles. The number of carbonyl (C=O) groups is 1. The summed E-state index contributed by atoms with van der Waals surface area (Å²) in [5.74, 6) is -0.420. The fourth-order valence-corrected chi connectivity index (χ4v) is 2.25. The normalized spacial score (nSPS) is 10.5. The number of halogens is 1. The first-order valence-corrected chi connectivity index (χ1v) is 6.58. The predicted molar refractivity (Wildman–Crippen MR) is 81.9 cm³/mol. The Labute approximate surface area is 124 Å². The van der Waals surface area contributed by atoms with Gasteiger partial charge in [0.2, 0.25) is 0 Å². The van der Waals surface area contributed by atoms with Crippen LogP contribution in [-0.2, 0) is 0 Å². The summed E-state index contributed by atoms with van der Waals surface area (Å²) in [6, 6.07) is 12.5. The van der Waals surface area contributed by atoms with E-state index in [2.05, 4.69) is 15.7 Å². The molecule has 0 saturated carbocycles. The number of hydrogen-bond donors (Lipinski definition) is 3. The van der Waals surface area contributed by atoms with Gasteiger partial charge < -0.3 is 10.3 Å². The van der Waals surface area contributed by atoms with E-state index in [1.807, 2.05) is 24.3 Å². The zero-order valence-electron chi connectivity index (χ0n) is 10.8. The van der Waals surface area contributed by atoms with Gasteiger partial charge in [-0.2, -0.15) is 0 Å². The molecular weight excluding hydrogens is 291 g/mol. The molecule has 0 atom stereocenters. The van der Waals surface area contributed by atoms with Crippen LogP contribution in [0.3, 0.4) is 0 Å². The first-order valence-electron chi connectivity index (χ1n) is 6.17. The Hall–Kier alpha value is -2.67. The predicted octanol–water partition coefficient (Wildman–Crippen LogP) is 3.61. The van der Waals surface area contributed by atoms with Gasteiger partial charge in [0.1, 0.15) is 5.82 Å². The molecule has 3 rings (SSSR count). The molecule has 0 spiro atoms. The fourth-order valence-electron chi connectivity index (χ4n) is 1.99. The summed E-state index contributed by atoms with van der Waals surface area (Å²) in [4.78, 5) is 14.9. The maximum atomic E-state index is 13.1. The highest BCUT2D eigenvalue weighted by molar-refractivity contribution is 7.71. The van der Waals surface area contributed by atoms with Crippen LogP contribution in [0.4, 0.5) is 14.9 Å². The standard InChI is InChI=1S/C14H11FN4OS/c15-9-4-3-5-10(8-9)16-13(20)18-19-12-7-2-1-6-11(12)17-14(19)21/h1-8H,(H,17,21)(H2,16,18,20). The molecule has 0 saturated heterocycles. The quantitative estimate of drug-likeness (QED) is 0.633. The fraction of sp³-hybridized carbons (Fsp3) is 0. The summed E-state index contributed by atoms with van der Waals surface area (Å²) in [7, 11) is 0. The number of H-pyrrole nitrogens is 1. The number of fused-ring (bicyclic) bond motifs is 1. The van der Waals surface area contributed by atoms with E-state index >= 15 is 0 Å². The Morgan fingerprint density at radius 2 is 2.00 bits per heavy atom. The minimum Gasteiger partial charge on any atom is -0.329 e. The third-order valence-electron chi connectivity index (χ3n) is 2.89. The van der Waals surface area contributed by atoms with Crippen LogP contribution in [0.2, 0.25) is 0 Å². The van der Waals surface area contributed by atoms with Gasteiger partial charge in [-0.15, -0.1) is 0 Å². The molecule has 0 unspecified atom stereocenters. The van der Waals surface area contributed by atoms with Crippen molar-refractivity contribution in [1.82, 2.24) is 9.66 Å². The van der Waals surface area contributed by atoms with Gasteiger partial charge in [-0.05, 0) is 42.5 Å². The monoisotopic (exact) mass is 302 g/mol. The number of aromatic nitrogens is 2. The van der Waals surface area contributed by atoms with Crippen LogP contribution in [0.1, 0.15) is 0 Å². The minimum absolute atomic E-state index is 0.360. The molecule has 21 heavy (non-hydrogen) atoms. The number of aromatic amines is 1. The van der Waals surface area contributed by atoms with Crippen LogP contribution < -0.4 is 10.7 Å². The van der Waals surface area contributed by atoms with E-state index in [9.17, 15) is 9.18 Å². The van der Waals surface area contributed by atoms with Crippen LogP contribution >= 0.6 is 12.2 Å². The van der Waals surface area contributed by atoms with E-state index in [4.69, 9.17) is 12.2 Å². The molecule has 5 nitrogen and oxygen atoms in total. The second-order valence-electron chi connectivity index (χ2n) is 4.36. The molecule has 0 fully saturated rings. The molecule has 1 aromatic heterocycles. The van der Waals surface area contributed by atoms with Crippen LogP contribution in [-0.4, -0.2) is 15.7 Å². The summed E-state index contributed by atoms with van der Waals surface area (Å²) in [5.41, 5.74) is 4.53.